The molecule has 2 N–H and O–H groups in total. The van der Waals surface area contributed by atoms with E-state index in [-0.39, 0.29) is 23.7 Å². The smallest absolute Gasteiger partial charge is 0.240 e. The minimum atomic E-state index is -0.502. The van der Waals surface area contributed by atoms with Gasteiger partial charge in [0.1, 0.15) is 0 Å². The molecule has 18 heavy (non-hydrogen) atoms. The maximum Gasteiger partial charge on any atom is 0.240 e. The Balaban J connectivity index is 2.83. The number of Topliss-reactive ketones (excluding diaryl/α,β-unsaturated/α-hetero) is 1. The maximum absolute atomic E-state index is 12.3. The van der Waals surface area contributed by atoms with Crippen molar-refractivity contribution < 1.29 is 9.59 Å². The molecule has 0 bridgehead atoms. The zero-order valence-electron chi connectivity index (χ0n) is 12.2. The number of hydrogen-bond donors (Lipinski definition) is 1. The maximum atomic E-state index is 12.3. The lowest BCUT2D eigenvalue weighted by atomic mass is 9.85. The SMILES string of the molecule is CC(C)C(N)C(=O)N1CCCC1C(=O)C(C)(C)C. The highest BCUT2D eigenvalue weighted by Gasteiger charge is 2.40. The summed E-state index contributed by atoms with van der Waals surface area (Å²) < 4.78 is 0. The van der Waals surface area contributed by atoms with E-state index in [1.807, 2.05) is 34.6 Å². The van der Waals surface area contributed by atoms with Crippen LogP contribution < -0.4 is 5.73 Å². The van der Waals surface area contributed by atoms with E-state index in [1.165, 1.54) is 0 Å². The van der Waals surface area contributed by atoms with Crippen molar-refractivity contribution in [3.63, 3.8) is 0 Å². The molecule has 1 aliphatic rings. The highest BCUT2D eigenvalue weighted by molar-refractivity contribution is 5.94. The van der Waals surface area contributed by atoms with Crippen LogP contribution in [0.4, 0.5) is 0 Å². The Hall–Kier alpha value is -0.900. The summed E-state index contributed by atoms with van der Waals surface area (Å²) >= 11 is 0. The number of likely N-dealkylation sites (tertiary alicyclic amines) is 1. The normalized spacial score (nSPS) is 22.4. The second-order valence-corrected chi connectivity index (χ2v) is 6.57. The van der Waals surface area contributed by atoms with Crippen LogP contribution in [0.15, 0.2) is 0 Å². The fourth-order valence-corrected chi connectivity index (χ4v) is 2.28. The van der Waals surface area contributed by atoms with E-state index in [1.54, 1.807) is 4.90 Å². The number of nitrogens with zero attached hydrogens (tertiary/aromatic N) is 1. The molecule has 1 amide bonds. The van der Waals surface area contributed by atoms with Gasteiger partial charge in [0.25, 0.3) is 0 Å². The molecular weight excluding hydrogens is 228 g/mol. The van der Waals surface area contributed by atoms with Gasteiger partial charge >= 0.3 is 0 Å². The largest absolute Gasteiger partial charge is 0.331 e. The molecule has 2 unspecified atom stereocenters. The molecule has 2 atom stereocenters. The third-order valence-corrected chi connectivity index (χ3v) is 3.58. The molecule has 104 valence electrons. The zero-order valence-corrected chi connectivity index (χ0v) is 12.2. The average molecular weight is 254 g/mol. The molecule has 1 rings (SSSR count). The number of ketones is 1. The highest BCUT2D eigenvalue weighted by atomic mass is 16.2. The molecule has 0 aliphatic carbocycles. The van der Waals surface area contributed by atoms with Crippen molar-refractivity contribution in [2.45, 2.75) is 59.5 Å². The van der Waals surface area contributed by atoms with Crippen LogP contribution in [0.1, 0.15) is 47.5 Å². The summed E-state index contributed by atoms with van der Waals surface area (Å²) in [5.41, 5.74) is 5.50. The zero-order chi connectivity index (χ0) is 14.1. The van der Waals surface area contributed by atoms with Crippen molar-refractivity contribution >= 4 is 11.7 Å². The van der Waals surface area contributed by atoms with Gasteiger partial charge in [0.2, 0.25) is 5.91 Å². The topological polar surface area (TPSA) is 63.4 Å². The Bertz CT molecular complexity index is 331. The fraction of sp³-hybridized carbons (Fsp3) is 0.857. The second kappa shape index (κ2) is 5.39. The second-order valence-electron chi connectivity index (χ2n) is 6.57. The summed E-state index contributed by atoms with van der Waals surface area (Å²) in [6, 6.07) is -0.777. The minimum absolute atomic E-state index is 0.0786. The van der Waals surface area contributed by atoms with Crippen molar-refractivity contribution in [1.29, 1.82) is 0 Å². The third-order valence-electron chi connectivity index (χ3n) is 3.58. The van der Waals surface area contributed by atoms with E-state index in [9.17, 15) is 9.59 Å². The molecule has 1 saturated heterocycles. The molecule has 0 aromatic heterocycles. The number of hydrogen-bond acceptors (Lipinski definition) is 3. The summed E-state index contributed by atoms with van der Waals surface area (Å²) in [4.78, 5) is 26.3. The van der Waals surface area contributed by atoms with Gasteiger partial charge in [-0.25, -0.2) is 0 Å². The quantitative estimate of drug-likeness (QED) is 0.831. The van der Waals surface area contributed by atoms with Crippen LogP contribution in [0.3, 0.4) is 0 Å². The predicted molar refractivity (Wildman–Crippen MR) is 72.0 cm³/mol. The molecule has 0 aromatic carbocycles. The van der Waals surface area contributed by atoms with Crippen molar-refractivity contribution in [2.75, 3.05) is 6.54 Å². The minimum Gasteiger partial charge on any atom is -0.331 e. The Morgan fingerprint density at radius 1 is 1.28 bits per heavy atom. The molecule has 4 nitrogen and oxygen atoms in total. The van der Waals surface area contributed by atoms with Gasteiger partial charge in [-0.05, 0) is 18.8 Å². The number of amides is 1. The summed E-state index contributed by atoms with van der Waals surface area (Å²) in [5.74, 6) is 0.165. The summed E-state index contributed by atoms with van der Waals surface area (Å²) in [5, 5.41) is 0. The van der Waals surface area contributed by atoms with Gasteiger partial charge in [-0.3, -0.25) is 9.59 Å². The first-order chi connectivity index (χ1) is 8.16. The molecule has 1 heterocycles. The molecule has 0 radical (unpaired) electrons. The summed E-state index contributed by atoms with van der Waals surface area (Å²) in [6.07, 6.45) is 1.66. The molecule has 0 aromatic rings. The number of rotatable bonds is 3. The molecule has 0 spiro atoms. The van der Waals surface area contributed by atoms with Gasteiger partial charge in [-0.2, -0.15) is 0 Å². The Labute approximate surface area is 110 Å². The van der Waals surface area contributed by atoms with Crippen LogP contribution in [-0.2, 0) is 9.59 Å². The summed E-state index contributed by atoms with van der Waals surface area (Å²) in [6.45, 7) is 10.2. The molecular formula is C14H26N2O2. The lowest BCUT2D eigenvalue weighted by molar-refractivity contribution is -0.142. The molecule has 4 heteroatoms. The van der Waals surface area contributed by atoms with Gasteiger partial charge in [0.05, 0.1) is 12.1 Å². The monoisotopic (exact) mass is 254 g/mol. The lowest BCUT2D eigenvalue weighted by Crippen LogP contribution is -2.52. The fourth-order valence-electron chi connectivity index (χ4n) is 2.28. The predicted octanol–water partition coefficient (Wildman–Crippen LogP) is 1.58. The Kier molecular flexibility index (Phi) is 4.54. The lowest BCUT2D eigenvalue weighted by Gasteiger charge is -2.31. The van der Waals surface area contributed by atoms with Crippen LogP contribution in [0.25, 0.3) is 0 Å². The van der Waals surface area contributed by atoms with Crippen LogP contribution in [0.2, 0.25) is 0 Å². The number of carbonyl (C=O) groups is 2. The van der Waals surface area contributed by atoms with E-state index in [0.717, 1.165) is 12.8 Å². The van der Waals surface area contributed by atoms with Crippen LogP contribution in [0.5, 0.6) is 0 Å². The van der Waals surface area contributed by atoms with E-state index < -0.39 is 11.5 Å². The average Bonchev–Trinajstić information content (AvgIpc) is 2.73. The van der Waals surface area contributed by atoms with Gasteiger partial charge in [-0.15, -0.1) is 0 Å². The first-order valence-electron chi connectivity index (χ1n) is 6.76. The van der Waals surface area contributed by atoms with Crippen molar-refractivity contribution in [3.8, 4) is 0 Å². The van der Waals surface area contributed by atoms with Crippen molar-refractivity contribution in [3.05, 3.63) is 0 Å². The van der Waals surface area contributed by atoms with E-state index in [0.29, 0.717) is 6.54 Å². The first-order valence-corrected chi connectivity index (χ1v) is 6.76. The molecule has 1 aliphatic heterocycles. The standard InChI is InChI=1S/C14H26N2O2/c1-9(2)11(15)13(18)16-8-6-7-10(16)12(17)14(3,4)5/h9-11H,6-8,15H2,1-5H3. The Morgan fingerprint density at radius 3 is 2.28 bits per heavy atom. The molecule has 1 fully saturated rings. The Morgan fingerprint density at radius 2 is 1.83 bits per heavy atom. The van der Waals surface area contributed by atoms with E-state index in [4.69, 9.17) is 5.73 Å². The van der Waals surface area contributed by atoms with Gasteiger partial charge in [-0.1, -0.05) is 34.6 Å². The van der Waals surface area contributed by atoms with E-state index >= 15 is 0 Å². The van der Waals surface area contributed by atoms with Crippen LogP contribution >= 0.6 is 0 Å². The number of nitrogens with two attached hydrogens (primary N) is 1. The van der Waals surface area contributed by atoms with Crippen molar-refractivity contribution in [1.82, 2.24) is 4.90 Å². The van der Waals surface area contributed by atoms with Crippen LogP contribution in [0, 0.1) is 11.3 Å². The molecule has 0 saturated carbocycles. The van der Waals surface area contributed by atoms with Gasteiger partial charge in [0, 0.05) is 12.0 Å². The van der Waals surface area contributed by atoms with Gasteiger partial charge in [0.15, 0.2) is 5.78 Å². The first kappa shape index (κ1) is 15.2. The van der Waals surface area contributed by atoms with E-state index in [2.05, 4.69) is 0 Å². The number of carbonyl (C=O) groups excluding carboxylic acids is 2. The highest BCUT2D eigenvalue weighted by Crippen LogP contribution is 2.27. The summed E-state index contributed by atoms with van der Waals surface area (Å²) in [7, 11) is 0. The van der Waals surface area contributed by atoms with Crippen molar-refractivity contribution in [2.24, 2.45) is 17.1 Å². The third kappa shape index (κ3) is 3.10. The van der Waals surface area contributed by atoms with Crippen LogP contribution in [-0.4, -0.2) is 35.2 Å². The van der Waals surface area contributed by atoms with Gasteiger partial charge < -0.3 is 10.6 Å².